The van der Waals surface area contributed by atoms with E-state index in [1.165, 1.54) is 18.0 Å². The first-order chi connectivity index (χ1) is 12.2. The molecule has 2 aromatic heterocycles. The molecule has 0 saturated carbocycles. The predicted octanol–water partition coefficient (Wildman–Crippen LogP) is 1.51. The van der Waals surface area contributed by atoms with Crippen LogP contribution < -0.4 is 10.9 Å². The van der Waals surface area contributed by atoms with Crippen molar-refractivity contribution >= 4 is 17.7 Å². The number of carbonyl (C=O) groups excluding carboxylic acids is 1. The van der Waals surface area contributed by atoms with E-state index in [1.54, 1.807) is 10.8 Å². The molecule has 0 unspecified atom stereocenters. The van der Waals surface area contributed by atoms with Gasteiger partial charge in [0.25, 0.3) is 11.5 Å². The zero-order chi connectivity index (χ0) is 17.2. The van der Waals surface area contributed by atoms with Gasteiger partial charge in [0.2, 0.25) is 0 Å². The summed E-state index contributed by atoms with van der Waals surface area (Å²) >= 11 is 1.54. The van der Waals surface area contributed by atoms with Gasteiger partial charge in [0, 0.05) is 25.0 Å². The summed E-state index contributed by atoms with van der Waals surface area (Å²) in [6, 6.07) is 3.77. The molecule has 0 radical (unpaired) electrons. The molecule has 1 saturated heterocycles. The summed E-state index contributed by atoms with van der Waals surface area (Å²) in [5.41, 5.74) is -0.158. The number of hydrogen-bond acceptors (Lipinski definition) is 6. The van der Waals surface area contributed by atoms with Crippen molar-refractivity contribution in [2.45, 2.75) is 30.6 Å². The van der Waals surface area contributed by atoms with Gasteiger partial charge in [-0.1, -0.05) is 11.8 Å². The van der Waals surface area contributed by atoms with E-state index in [2.05, 4.69) is 15.2 Å². The van der Waals surface area contributed by atoms with Gasteiger partial charge in [0.1, 0.15) is 11.3 Å². The number of thioether (sulfide) groups is 1. The van der Waals surface area contributed by atoms with E-state index in [0.29, 0.717) is 18.2 Å². The van der Waals surface area contributed by atoms with Crippen LogP contribution in [0.5, 0.6) is 0 Å². The first-order valence-corrected chi connectivity index (χ1v) is 9.51. The number of fused-ring (bicyclic) bond motifs is 1. The topological polar surface area (TPSA) is 80.4 Å². The van der Waals surface area contributed by atoms with Crippen LogP contribution in [0.1, 0.15) is 35.0 Å². The van der Waals surface area contributed by atoms with Gasteiger partial charge >= 0.3 is 0 Å². The molecule has 2 aliphatic heterocycles. The second-order valence-electron chi connectivity index (χ2n) is 6.24. The van der Waals surface area contributed by atoms with Crippen LogP contribution in [0.2, 0.25) is 0 Å². The first-order valence-electron chi connectivity index (χ1n) is 8.52. The minimum Gasteiger partial charge on any atom is -0.468 e. The fraction of sp³-hybridized carbons (Fsp3) is 0.471. The molecule has 0 bridgehead atoms. The normalized spacial score (nSPS) is 18.2. The van der Waals surface area contributed by atoms with E-state index in [1.807, 2.05) is 12.1 Å². The number of amides is 1. The summed E-state index contributed by atoms with van der Waals surface area (Å²) in [6.07, 6.45) is 5.34. The lowest BCUT2D eigenvalue weighted by Gasteiger charge is -2.25. The molecule has 1 N–H and O–H groups in total. The molecule has 25 heavy (non-hydrogen) atoms. The Kier molecular flexibility index (Phi) is 4.63. The van der Waals surface area contributed by atoms with E-state index in [4.69, 9.17) is 4.42 Å². The number of carbonyl (C=O) groups is 1. The maximum atomic E-state index is 12.5. The van der Waals surface area contributed by atoms with Crippen molar-refractivity contribution in [2.24, 2.45) is 0 Å². The van der Waals surface area contributed by atoms with Crippen LogP contribution in [0.4, 0.5) is 0 Å². The first kappa shape index (κ1) is 16.4. The molecule has 2 aromatic rings. The highest BCUT2D eigenvalue weighted by molar-refractivity contribution is 7.99. The second kappa shape index (κ2) is 7.05. The lowest BCUT2D eigenvalue weighted by Crippen LogP contribution is -2.39. The molecule has 4 rings (SSSR count). The molecular formula is C17H20N4O3S. The highest BCUT2D eigenvalue weighted by Gasteiger charge is 2.27. The van der Waals surface area contributed by atoms with Crippen LogP contribution in [-0.4, -0.2) is 45.7 Å². The van der Waals surface area contributed by atoms with Crippen LogP contribution in [-0.2, 0) is 6.54 Å². The third-order valence-corrected chi connectivity index (χ3v) is 5.68. The van der Waals surface area contributed by atoms with E-state index in [9.17, 15) is 9.59 Å². The number of hydrogen-bond donors (Lipinski definition) is 1. The third kappa shape index (κ3) is 3.23. The predicted molar refractivity (Wildman–Crippen MR) is 93.8 cm³/mol. The molecule has 7 nitrogen and oxygen atoms in total. The number of aromatic nitrogens is 2. The SMILES string of the molecule is O=C(NC[C@@H](c1ccco1)N1CCCC1)c1cnc2n(c1=O)CCS2. The van der Waals surface area contributed by atoms with Crippen LogP contribution in [0.15, 0.2) is 39.0 Å². The van der Waals surface area contributed by atoms with Crippen LogP contribution in [0.25, 0.3) is 0 Å². The molecule has 1 atom stereocenters. The summed E-state index contributed by atoms with van der Waals surface area (Å²) < 4.78 is 7.13. The number of nitrogens with one attached hydrogen (secondary N) is 1. The lowest BCUT2D eigenvalue weighted by atomic mass is 10.2. The number of furan rings is 1. The molecule has 0 aromatic carbocycles. The number of likely N-dealkylation sites (tertiary alicyclic amines) is 1. The van der Waals surface area contributed by atoms with Crippen molar-refractivity contribution in [2.75, 3.05) is 25.4 Å². The zero-order valence-corrected chi connectivity index (χ0v) is 14.6. The van der Waals surface area contributed by atoms with Gasteiger partial charge in [0.05, 0.1) is 12.3 Å². The molecule has 4 heterocycles. The summed E-state index contributed by atoms with van der Waals surface area (Å²) in [7, 11) is 0. The molecule has 0 spiro atoms. The van der Waals surface area contributed by atoms with Gasteiger partial charge in [-0.05, 0) is 38.1 Å². The Morgan fingerprint density at radius 2 is 2.20 bits per heavy atom. The summed E-state index contributed by atoms with van der Waals surface area (Å²) in [5.74, 6) is 1.28. The van der Waals surface area contributed by atoms with Crippen molar-refractivity contribution in [3.05, 3.63) is 46.3 Å². The van der Waals surface area contributed by atoms with Crippen LogP contribution >= 0.6 is 11.8 Å². The van der Waals surface area contributed by atoms with Gasteiger partial charge in [0.15, 0.2) is 5.16 Å². The van der Waals surface area contributed by atoms with Crippen molar-refractivity contribution in [3.8, 4) is 0 Å². The van der Waals surface area contributed by atoms with Gasteiger partial charge in [-0.2, -0.15) is 0 Å². The summed E-state index contributed by atoms with van der Waals surface area (Å²) in [5, 5.41) is 3.58. The van der Waals surface area contributed by atoms with Gasteiger partial charge in [-0.25, -0.2) is 4.98 Å². The van der Waals surface area contributed by atoms with E-state index in [0.717, 1.165) is 37.4 Å². The monoisotopic (exact) mass is 360 g/mol. The van der Waals surface area contributed by atoms with Gasteiger partial charge < -0.3 is 9.73 Å². The fourth-order valence-corrected chi connectivity index (χ4v) is 4.32. The van der Waals surface area contributed by atoms with Crippen molar-refractivity contribution in [1.29, 1.82) is 0 Å². The van der Waals surface area contributed by atoms with Gasteiger partial charge in [-0.15, -0.1) is 0 Å². The van der Waals surface area contributed by atoms with Gasteiger partial charge in [-0.3, -0.25) is 19.1 Å². The van der Waals surface area contributed by atoms with E-state index >= 15 is 0 Å². The maximum Gasteiger partial charge on any atom is 0.267 e. The van der Waals surface area contributed by atoms with Crippen molar-refractivity contribution in [3.63, 3.8) is 0 Å². The van der Waals surface area contributed by atoms with Crippen molar-refractivity contribution in [1.82, 2.24) is 19.8 Å². The Hall–Kier alpha value is -2.06. The Morgan fingerprint density at radius 3 is 2.96 bits per heavy atom. The fourth-order valence-electron chi connectivity index (χ4n) is 3.40. The Morgan fingerprint density at radius 1 is 1.36 bits per heavy atom. The smallest absolute Gasteiger partial charge is 0.267 e. The van der Waals surface area contributed by atoms with Crippen molar-refractivity contribution < 1.29 is 9.21 Å². The summed E-state index contributed by atoms with van der Waals surface area (Å²) in [6.45, 7) is 2.99. The number of rotatable bonds is 5. The average molecular weight is 360 g/mol. The summed E-state index contributed by atoms with van der Waals surface area (Å²) in [4.78, 5) is 31.5. The molecule has 132 valence electrons. The van der Waals surface area contributed by atoms with E-state index in [-0.39, 0.29) is 23.1 Å². The highest BCUT2D eigenvalue weighted by atomic mass is 32.2. The standard InChI is InChI=1S/C17H20N4O3S/c22-15(12-10-19-17-21(16(12)23)7-9-25-17)18-11-13(14-4-3-8-24-14)20-5-1-2-6-20/h3-4,8,10,13H,1-2,5-7,9,11H2,(H,18,22)/t13-/m0/s1. The zero-order valence-electron chi connectivity index (χ0n) is 13.8. The quantitative estimate of drug-likeness (QED) is 0.814. The number of nitrogens with zero attached hydrogens (tertiary/aromatic N) is 3. The molecular weight excluding hydrogens is 340 g/mol. The van der Waals surface area contributed by atoms with Crippen LogP contribution in [0.3, 0.4) is 0 Å². The Balaban J connectivity index is 1.49. The molecule has 0 aliphatic carbocycles. The Bertz CT molecular complexity index is 812. The highest BCUT2D eigenvalue weighted by Crippen LogP contribution is 2.25. The minimum atomic E-state index is -0.375. The van der Waals surface area contributed by atoms with E-state index < -0.39 is 0 Å². The lowest BCUT2D eigenvalue weighted by molar-refractivity contribution is 0.0931. The largest absolute Gasteiger partial charge is 0.468 e. The molecule has 2 aliphatic rings. The Labute approximate surface area is 149 Å². The maximum absolute atomic E-state index is 12.5. The van der Waals surface area contributed by atoms with Crippen LogP contribution in [0, 0.1) is 0 Å². The average Bonchev–Trinajstić information content (AvgIpc) is 3.37. The molecule has 1 amide bonds. The molecule has 1 fully saturated rings. The minimum absolute atomic E-state index is 0.0119. The molecule has 8 heteroatoms. The third-order valence-electron chi connectivity index (χ3n) is 4.71. The second-order valence-corrected chi connectivity index (χ2v) is 7.31.